The first kappa shape index (κ1) is 14.3. The van der Waals surface area contributed by atoms with E-state index in [9.17, 15) is 19.1 Å². The van der Waals surface area contributed by atoms with Crippen LogP contribution in [0.3, 0.4) is 0 Å². The van der Waals surface area contributed by atoms with E-state index >= 15 is 0 Å². The molecule has 0 saturated carbocycles. The van der Waals surface area contributed by atoms with Crippen molar-refractivity contribution in [2.45, 2.75) is 24.0 Å². The number of nitro benzene ring substituents is 1. The van der Waals surface area contributed by atoms with Gasteiger partial charge in [0.1, 0.15) is 0 Å². The van der Waals surface area contributed by atoms with Crippen LogP contribution in [-0.4, -0.2) is 25.5 Å². The van der Waals surface area contributed by atoms with Crippen LogP contribution in [0.5, 0.6) is 0 Å². The van der Waals surface area contributed by atoms with E-state index in [0.29, 0.717) is 4.90 Å². The van der Waals surface area contributed by atoms with Crippen LogP contribution >= 0.6 is 0 Å². The van der Waals surface area contributed by atoms with Crippen molar-refractivity contribution in [2.24, 2.45) is 5.92 Å². The van der Waals surface area contributed by atoms with E-state index in [2.05, 4.69) is 0 Å². The van der Waals surface area contributed by atoms with Crippen LogP contribution in [-0.2, 0) is 15.6 Å². The lowest BCUT2D eigenvalue weighted by atomic mass is 10.1. The van der Waals surface area contributed by atoms with Crippen LogP contribution < -0.4 is 0 Å². The van der Waals surface area contributed by atoms with Gasteiger partial charge in [-0.1, -0.05) is 6.92 Å². The highest BCUT2D eigenvalue weighted by Crippen LogP contribution is 2.20. The standard InChI is InChI=1S/C11H13NO5S/c1-7(11(13)14)8(2)18(17)10-5-3-9(4-6-10)12(15)16/h3-8H,1-2H3,(H,13,14). The van der Waals surface area contributed by atoms with Gasteiger partial charge in [-0.3, -0.25) is 19.1 Å². The zero-order valence-electron chi connectivity index (χ0n) is 9.90. The Morgan fingerprint density at radius 3 is 2.22 bits per heavy atom. The minimum Gasteiger partial charge on any atom is -0.481 e. The predicted octanol–water partition coefficient (Wildman–Crippen LogP) is 1.81. The normalized spacial score (nSPS) is 15.7. The zero-order valence-corrected chi connectivity index (χ0v) is 10.7. The van der Waals surface area contributed by atoms with Crippen LogP contribution in [0.4, 0.5) is 5.69 Å². The number of hydrogen-bond donors (Lipinski definition) is 1. The highest BCUT2D eigenvalue weighted by Gasteiger charge is 2.25. The zero-order chi connectivity index (χ0) is 13.9. The van der Waals surface area contributed by atoms with Crippen LogP contribution in [0.2, 0.25) is 0 Å². The second-order valence-electron chi connectivity index (χ2n) is 3.88. The third-order valence-electron chi connectivity index (χ3n) is 2.71. The van der Waals surface area contributed by atoms with Gasteiger partial charge in [0.05, 0.1) is 21.6 Å². The van der Waals surface area contributed by atoms with Crippen molar-refractivity contribution < 1.29 is 19.0 Å². The average molecular weight is 271 g/mol. The lowest BCUT2D eigenvalue weighted by Gasteiger charge is -2.15. The van der Waals surface area contributed by atoms with Crippen molar-refractivity contribution in [3.8, 4) is 0 Å². The first-order valence-corrected chi connectivity index (χ1v) is 6.43. The number of rotatable bonds is 5. The van der Waals surface area contributed by atoms with Gasteiger partial charge in [-0.15, -0.1) is 0 Å². The molecule has 3 atom stereocenters. The molecule has 0 saturated heterocycles. The summed E-state index contributed by atoms with van der Waals surface area (Å²) in [6.45, 7) is 3.06. The number of carboxylic acids is 1. The van der Waals surface area contributed by atoms with E-state index in [1.54, 1.807) is 6.92 Å². The number of nitrogens with zero attached hydrogens (tertiary/aromatic N) is 1. The SMILES string of the molecule is CC(C(=O)O)C(C)S(=O)c1ccc([N+](=O)[O-])cc1. The molecule has 6 nitrogen and oxygen atoms in total. The molecule has 0 bridgehead atoms. The summed E-state index contributed by atoms with van der Waals surface area (Å²) in [5, 5.41) is 18.7. The van der Waals surface area contributed by atoms with Gasteiger partial charge in [0, 0.05) is 22.3 Å². The molecule has 0 aromatic heterocycles. The Balaban J connectivity index is 2.90. The minimum atomic E-state index is -1.50. The number of aliphatic carboxylic acids is 1. The van der Waals surface area contributed by atoms with Crippen molar-refractivity contribution in [3.05, 3.63) is 34.4 Å². The van der Waals surface area contributed by atoms with Gasteiger partial charge in [-0.05, 0) is 19.1 Å². The molecule has 0 fully saturated rings. The Hall–Kier alpha value is -1.76. The van der Waals surface area contributed by atoms with Gasteiger partial charge < -0.3 is 5.11 Å². The van der Waals surface area contributed by atoms with E-state index in [-0.39, 0.29) is 5.69 Å². The second kappa shape index (κ2) is 5.72. The van der Waals surface area contributed by atoms with Crippen molar-refractivity contribution in [1.29, 1.82) is 0 Å². The molecule has 0 radical (unpaired) electrons. The summed E-state index contributed by atoms with van der Waals surface area (Å²) in [6.07, 6.45) is 0. The molecule has 0 aliphatic carbocycles. The maximum atomic E-state index is 12.0. The number of benzene rings is 1. The average Bonchev–Trinajstić information content (AvgIpc) is 2.36. The summed E-state index contributed by atoms with van der Waals surface area (Å²) in [5.74, 6) is -1.77. The summed E-state index contributed by atoms with van der Waals surface area (Å²) in [5.41, 5.74) is -0.0883. The molecular weight excluding hydrogens is 258 g/mol. The Bertz CT molecular complexity index is 485. The highest BCUT2D eigenvalue weighted by molar-refractivity contribution is 7.85. The van der Waals surface area contributed by atoms with Gasteiger partial charge in [0.2, 0.25) is 0 Å². The predicted molar refractivity (Wildman–Crippen MR) is 65.8 cm³/mol. The van der Waals surface area contributed by atoms with Crippen LogP contribution in [0.15, 0.2) is 29.2 Å². The second-order valence-corrected chi connectivity index (χ2v) is 5.69. The summed E-state index contributed by atoms with van der Waals surface area (Å²) >= 11 is 0. The van der Waals surface area contributed by atoms with Crippen molar-refractivity contribution in [1.82, 2.24) is 0 Å². The molecule has 1 rings (SSSR count). The summed E-state index contributed by atoms with van der Waals surface area (Å²) in [6, 6.07) is 5.29. The molecule has 1 aromatic rings. The van der Waals surface area contributed by atoms with E-state index in [1.807, 2.05) is 0 Å². The van der Waals surface area contributed by atoms with E-state index in [4.69, 9.17) is 5.11 Å². The van der Waals surface area contributed by atoms with Gasteiger partial charge in [0.15, 0.2) is 0 Å². The molecule has 18 heavy (non-hydrogen) atoms. The fourth-order valence-corrected chi connectivity index (χ4v) is 2.62. The molecule has 3 unspecified atom stereocenters. The highest BCUT2D eigenvalue weighted by atomic mass is 32.2. The first-order chi connectivity index (χ1) is 8.34. The number of carboxylic acid groups (broad SMARTS) is 1. The van der Waals surface area contributed by atoms with E-state index < -0.39 is 32.9 Å². The molecule has 0 spiro atoms. The third-order valence-corrected chi connectivity index (χ3v) is 4.53. The Kier molecular flexibility index (Phi) is 4.55. The van der Waals surface area contributed by atoms with Crippen LogP contribution in [0.1, 0.15) is 13.8 Å². The Morgan fingerprint density at radius 2 is 1.83 bits per heavy atom. The maximum Gasteiger partial charge on any atom is 0.307 e. The lowest BCUT2D eigenvalue weighted by Crippen LogP contribution is -2.26. The van der Waals surface area contributed by atoms with E-state index in [0.717, 1.165) is 0 Å². The lowest BCUT2D eigenvalue weighted by molar-refractivity contribution is -0.384. The third kappa shape index (κ3) is 3.13. The molecule has 0 aliphatic heterocycles. The largest absolute Gasteiger partial charge is 0.481 e. The van der Waals surface area contributed by atoms with Crippen LogP contribution in [0.25, 0.3) is 0 Å². The molecule has 7 heteroatoms. The smallest absolute Gasteiger partial charge is 0.307 e. The molecule has 0 heterocycles. The summed E-state index contributed by atoms with van der Waals surface area (Å²) in [4.78, 5) is 21.1. The van der Waals surface area contributed by atoms with Crippen molar-refractivity contribution in [2.75, 3.05) is 0 Å². The number of nitro groups is 1. The number of hydrogen-bond acceptors (Lipinski definition) is 4. The fraction of sp³-hybridized carbons (Fsp3) is 0.364. The Morgan fingerprint density at radius 1 is 1.33 bits per heavy atom. The monoisotopic (exact) mass is 271 g/mol. The van der Waals surface area contributed by atoms with Crippen molar-refractivity contribution >= 4 is 22.5 Å². The van der Waals surface area contributed by atoms with Gasteiger partial charge in [-0.25, -0.2) is 0 Å². The topological polar surface area (TPSA) is 97.5 Å². The molecular formula is C11H13NO5S. The van der Waals surface area contributed by atoms with Gasteiger partial charge >= 0.3 is 5.97 Å². The molecule has 1 aromatic carbocycles. The summed E-state index contributed by atoms with van der Waals surface area (Å²) < 4.78 is 12.0. The van der Waals surface area contributed by atoms with E-state index in [1.165, 1.54) is 31.2 Å². The molecule has 0 amide bonds. The first-order valence-electron chi connectivity index (χ1n) is 5.22. The quantitative estimate of drug-likeness (QED) is 0.650. The van der Waals surface area contributed by atoms with Crippen LogP contribution in [0, 0.1) is 16.0 Å². The fourth-order valence-electron chi connectivity index (χ4n) is 1.30. The number of carbonyl (C=O) groups is 1. The molecule has 1 N–H and O–H groups in total. The van der Waals surface area contributed by atoms with Gasteiger partial charge in [-0.2, -0.15) is 0 Å². The Labute approximate surface area is 106 Å². The maximum absolute atomic E-state index is 12.0. The minimum absolute atomic E-state index is 0.0883. The molecule has 98 valence electrons. The molecule has 0 aliphatic rings. The number of non-ortho nitro benzene ring substituents is 1. The summed E-state index contributed by atoms with van der Waals surface area (Å²) in [7, 11) is -1.50. The van der Waals surface area contributed by atoms with Crippen molar-refractivity contribution in [3.63, 3.8) is 0 Å². The van der Waals surface area contributed by atoms with Gasteiger partial charge in [0.25, 0.3) is 5.69 Å².